The van der Waals surface area contributed by atoms with Crippen LogP contribution in [0.4, 0.5) is 0 Å². The smallest absolute Gasteiger partial charge is 0.0924 e. The van der Waals surface area contributed by atoms with Gasteiger partial charge in [0.15, 0.2) is 0 Å². The number of nitrogens with one attached hydrogen (secondary N) is 3. The molecule has 5 aromatic rings. The number of hydrogen-bond acceptors (Lipinski definition) is 3. The number of benzene rings is 1. The fraction of sp³-hybridized carbons (Fsp3) is 0. The first-order chi connectivity index (χ1) is 11.9. The molecule has 4 heterocycles. The van der Waals surface area contributed by atoms with Crippen LogP contribution in [0.3, 0.4) is 0 Å². The Morgan fingerprint density at radius 2 is 1.46 bits per heavy atom. The van der Waals surface area contributed by atoms with E-state index in [9.17, 15) is 0 Å². The SMILES string of the molecule is c1ncc(-c2ccc(-c3c[nH]c4c(-c5cnc[nH]5)csc34)cc2)[nH]1. The molecule has 0 aliphatic carbocycles. The maximum atomic E-state index is 4.11. The number of aromatic nitrogens is 5. The molecule has 5 nitrogen and oxygen atoms in total. The first-order valence-electron chi connectivity index (χ1n) is 7.56. The molecule has 0 saturated carbocycles. The highest BCUT2D eigenvalue weighted by molar-refractivity contribution is 7.18. The number of nitrogens with zero attached hydrogens (tertiary/aromatic N) is 2. The van der Waals surface area contributed by atoms with E-state index < -0.39 is 0 Å². The van der Waals surface area contributed by atoms with Gasteiger partial charge in [-0.2, -0.15) is 0 Å². The first-order valence-corrected chi connectivity index (χ1v) is 8.44. The summed E-state index contributed by atoms with van der Waals surface area (Å²) in [5.74, 6) is 0. The first kappa shape index (κ1) is 13.3. The second-order valence-electron chi connectivity index (χ2n) is 5.56. The fourth-order valence-corrected chi connectivity index (χ4v) is 4.04. The van der Waals surface area contributed by atoms with Crippen molar-refractivity contribution >= 4 is 21.6 Å². The monoisotopic (exact) mass is 331 g/mol. The Labute approximate surface area is 141 Å². The summed E-state index contributed by atoms with van der Waals surface area (Å²) in [5.41, 5.74) is 7.92. The molecule has 0 atom stereocenters. The lowest BCUT2D eigenvalue weighted by molar-refractivity contribution is 1.31. The highest BCUT2D eigenvalue weighted by atomic mass is 32.1. The van der Waals surface area contributed by atoms with Gasteiger partial charge in [0.05, 0.1) is 46.7 Å². The Bertz CT molecular complexity index is 1080. The number of imidazole rings is 2. The van der Waals surface area contributed by atoms with E-state index in [-0.39, 0.29) is 0 Å². The number of fused-ring (bicyclic) bond motifs is 1. The molecule has 6 heteroatoms. The highest BCUT2D eigenvalue weighted by Crippen LogP contribution is 2.39. The predicted molar refractivity (Wildman–Crippen MR) is 96.8 cm³/mol. The van der Waals surface area contributed by atoms with E-state index in [1.54, 1.807) is 24.0 Å². The largest absolute Gasteiger partial charge is 0.359 e. The molecular formula is C18H13N5S. The van der Waals surface area contributed by atoms with Crippen LogP contribution in [0.2, 0.25) is 0 Å². The molecule has 0 aliphatic heterocycles. The van der Waals surface area contributed by atoms with Crippen molar-refractivity contribution in [2.24, 2.45) is 0 Å². The Morgan fingerprint density at radius 3 is 2.17 bits per heavy atom. The van der Waals surface area contributed by atoms with Gasteiger partial charge in [-0.25, -0.2) is 9.97 Å². The summed E-state index contributed by atoms with van der Waals surface area (Å²) in [6, 6.07) is 8.53. The second kappa shape index (κ2) is 5.21. The van der Waals surface area contributed by atoms with E-state index in [2.05, 4.69) is 60.8 Å². The van der Waals surface area contributed by atoms with Gasteiger partial charge >= 0.3 is 0 Å². The minimum absolute atomic E-state index is 1.03. The molecule has 1 aromatic carbocycles. The van der Waals surface area contributed by atoms with Gasteiger partial charge < -0.3 is 15.0 Å². The highest BCUT2D eigenvalue weighted by Gasteiger charge is 2.14. The van der Waals surface area contributed by atoms with Gasteiger partial charge in [0.25, 0.3) is 0 Å². The van der Waals surface area contributed by atoms with Crippen molar-refractivity contribution in [3.63, 3.8) is 0 Å². The van der Waals surface area contributed by atoms with Crippen molar-refractivity contribution in [2.75, 3.05) is 0 Å². The van der Waals surface area contributed by atoms with Gasteiger partial charge in [-0.05, 0) is 11.1 Å². The third-order valence-corrected chi connectivity index (χ3v) is 5.20. The number of aromatic amines is 3. The Balaban J connectivity index is 1.57. The molecule has 0 fully saturated rings. The van der Waals surface area contributed by atoms with E-state index >= 15 is 0 Å². The molecule has 4 aromatic heterocycles. The lowest BCUT2D eigenvalue weighted by Gasteiger charge is -2.01. The van der Waals surface area contributed by atoms with Gasteiger partial charge in [0.2, 0.25) is 0 Å². The summed E-state index contributed by atoms with van der Waals surface area (Å²) in [6.07, 6.45) is 9.16. The van der Waals surface area contributed by atoms with Crippen LogP contribution in [-0.2, 0) is 0 Å². The van der Waals surface area contributed by atoms with E-state index in [1.165, 1.54) is 15.8 Å². The van der Waals surface area contributed by atoms with Crippen molar-refractivity contribution in [2.45, 2.75) is 0 Å². The molecule has 0 radical (unpaired) electrons. The topological polar surface area (TPSA) is 73.2 Å². The molecule has 0 amide bonds. The maximum absolute atomic E-state index is 4.11. The number of thiophene rings is 1. The molecule has 0 unspecified atom stereocenters. The Kier molecular flexibility index (Phi) is 2.89. The van der Waals surface area contributed by atoms with Crippen LogP contribution in [0.25, 0.3) is 43.9 Å². The molecule has 0 spiro atoms. The quantitative estimate of drug-likeness (QED) is 0.449. The van der Waals surface area contributed by atoms with Crippen LogP contribution in [0.5, 0.6) is 0 Å². The number of H-pyrrole nitrogens is 3. The van der Waals surface area contributed by atoms with Crippen molar-refractivity contribution in [1.82, 2.24) is 24.9 Å². The summed E-state index contributed by atoms with van der Waals surface area (Å²) in [5, 5.41) is 2.16. The normalized spacial score (nSPS) is 11.3. The fourth-order valence-electron chi connectivity index (χ4n) is 2.97. The average molecular weight is 331 g/mol. The van der Waals surface area contributed by atoms with E-state index in [0.717, 1.165) is 28.0 Å². The minimum atomic E-state index is 1.03. The number of hydrogen-bond donors (Lipinski definition) is 3. The molecule has 24 heavy (non-hydrogen) atoms. The van der Waals surface area contributed by atoms with Gasteiger partial charge in [0, 0.05) is 22.7 Å². The third-order valence-electron chi connectivity index (χ3n) is 4.19. The Hall–Kier alpha value is -3.12. The van der Waals surface area contributed by atoms with E-state index in [0.29, 0.717) is 0 Å². The van der Waals surface area contributed by atoms with Crippen LogP contribution < -0.4 is 0 Å². The standard InChI is InChI=1S/C18H13N5S/c1-3-12(15-6-19-9-22-15)4-2-11(1)13-5-21-17-14(8-24-18(13)17)16-7-20-10-23-16/h1-10,21H,(H,19,22)(H,20,23). The molecule has 0 saturated heterocycles. The summed E-state index contributed by atoms with van der Waals surface area (Å²) in [4.78, 5) is 17.9. The van der Waals surface area contributed by atoms with Crippen molar-refractivity contribution in [3.05, 3.63) is 60.9 Å². The zero-order valence-electron chi connectivity index (χ0n) is 12.6. The van der Waals surface area contributed by atoms with Crippen LogP contribution >= 0.6 is 11.3 Å². The van der Waals surface area contributed by atoms with Crippen LogP contribution in [0.15, 0.2) is 60.9 Å². The summed E-state index contributed by atoms with van der Waals surface area (Å²) in [6.45, 7) is 0. The zero-order valence-corrected chi connectivity index (χ0v) is 13.4. The maximum Gasteiger partial charge on any atom is 0.0924 e. The van der Waals surface area contributed by atoms with Crippen molar-refractivity contribution in [3.8, 4) is 33.6 Å². The lowest BCUT2D eigenvalue weighted by Crippen LogP contribution is -1.78. The molecule has 3 N–H and O–H groups in total. The molecule has 116 valence electrons. The second-order valence-corrected chi connectivity index (χ2v) is 6.44. The lowest BCUT2D eigenvalue weighted by atomic mass is 10.1. The molecule has 0 aliphatic rings. The van der Waals surface area contributed by atoms with Gasteiger partial charge in [-0.3, -0.25) is 0 Å². The van der Waals surface area contributed by atoms with Crippen LogP contribution in [0, 0.1) is 0 Å². The molecule has 0 bridgehead atoms. The Morgan fingerprint density at radius 1 is 0.750 bits per heavy atom. The van der Waals surface area contributed by atoms with Crippen molar-refractivity contribution in [1.29, 1.82) is 0 Å². The molecular weight excluding hydrogens is 318 g/mol. The third kappa shape index (κ3) is 2.00. The predicted octanol–water partition coefficient (Wildman–Crippen LogP) is 4.68. The minimum Gasteiger partial charge on any atom is -0.359 e. The average Bonchev–Trinajstić information content (AvgIpc) is 3.38. The van der Waals surface area contributed by atoms with Gasteiger partial charge in [0.1, 0.15) is 0 Å². The summed E-state index contributed by atoms with van der Waals surface area (Å²) >= 11 is 1.75. The number of rotatable bonds is 3. The van der Waals surface area contributed by atoms with E-state index in [1.807, 2.05) is 12.4 Å². The zero-order chi connectivity index (χ0) is 15.9. The van der Waals surface area contributed by atoms with Gasteiger partial charge in [-0.15, -0.1) is 11.3 Å². The molecule has 5 rings (SSSR count). The van der Waals surface area contributed by atoms with Crippen LogP contribution in [-0.4, -0.2) is 24.9 Å². The summed E-state index contributed by atoms with van der Waals surface area (Å²) in [7, 11) is 0. The van der Waals surface area contributed by atoms with Crippen molar-refractivity contribution < 1.29 is 0 Å². The summed E-state index contributed by atoms with van der Waals surface area (Å²) < 4.78 is 1.26. The van der Waals surface area contributed by atoms with Crippen LogP contribution in [0.1, 0.15) is 0 Å². The van der Waals surface area contributed by atoms with E-state index in [4.69, 9.17) is 0 Å². The van der Waals surface area contributed by atoms with Gasteiger partial charge in [-0.1, -0.05) is 24.3 Å².